The van der Waals surface area contributed by atoms with Gasteiger partial charge in [-0.25, -0.2) is 9.97 Å². The standard InChI is InChI=1S/C22H24N6O/c1-16-5-4-6-17(15-16)20-25-21-18-7-2-3-8-19(18)24-22(28(21)26-20)23-9-10-27-11-13-29-14-12-27/h2-8,15H,9-14H2,1H3,(H,23,24). The Balaban J connectivity index is 1.51. The first-order valence-corrected chi connectivity index (χ1v) is 10.0. The number of para-hydroxylation sites is 1. The molecule has 0 spiro atoms. The van der Waals surface area contributed by atoms with Crippen molar-refractivity contribution in [2.24, 2.45) is 0 Å². The summed E-state index contributed by atoms with van der Waals surface area (Å²) in [5.41, 5.74) is 3.93. The lowest BCUT2D eigenvalue weighted by Gasteiger charge is -2.26. The van der Waals surface area contributed by atoms with Crippen molar-refractivity contribution in [3.8, 4) is 11.4 Å². The summed E-state index contributed by atoms with van der Waals surface area (Å²) in [5, 5.41) is 9.25. The van der Waals surface area contributed by atoms with Gasteiger partial charge in [0, 0.05) is 37.1 Å². The summed E-state index contributed by atoms with van der Waals surface area (Å²) in [4.78, 5) is 12.1. The number of hydrogen-bond donors (Lipinski definition) is 1. The molecule has 0 radical (unpaired) electrons. The van der Waals surface area contributed by atoms with Crippen LogP contribution >= 0.6 is 0 Å². The summed E-state index contributed by atoms with van der Waals surface area (Å²) >= 11 is 0. The largest absolute Gasteiger partial charge is 0.379 e. The van der Waals surface area contributed by atoms with E-state index in [0.717, 1.165) is 67.5 Å². The Morgan fingerprint density at radius 2 is 1.90 bits per heavy atom. The number of nitrogens with one attached hydrogen (secondary N) is 1. The van der Waals surface area contributed by atoms with Gasteiger partial charge in [0.1, 0.15) is 0 Å². The average molecular weight is 388 g/mol. The SMILES string of the molecule is Cc1cccc(-c2nc3c4ccccc4nc(NCCN4CCOCC4)n3n2)c1. The van der Waals surface area contributed by atoms with Crippen LogP contribution in [0.1, 0.15) is 5.56 Å². The van der Waals surface area contributed by atoms with Gasteiger partial charge in [-0.05, 0) is 25.1 Å². The second-order valence-electron chi connectivity index (χ2n) is 7.37. The fourth-order valence-electron chi connectivity index (χ4n) is 3.73. The van der Waals surface area contributed by atoms with Crippen molar-refractivity contribution in [2.75, 3.05) is 44.7 Å². The zero-order valence-electron chi connectivity index (χ0n) is 16.5. The molecule has 0 unspecified atom stereocenters. The minimum atomic E-state index is 0.711. The van der Waals surface area contributed by atoms with Gasteiger partial charge in [-0.2, -0.15) is 4.52 Å². The molecule has 0 amide bonds. The van der Waals surface area contributed by atoms with E-state index < -0.39 is 0 Å². The lowest BCUT2D eigenvalue weighted by atomic mass is 10.1. The quantitative estimate of drug-likeness (QED) is 0.567. The fourth-order valence-corrected chi connectivity index (χ4v) is 3.73. The number of fused-ring (bicyclic) bond motifs is 3. The summed E-state index contributed by atoms with van der Waals surface area (Å²) in [6.07, 6.45) is 0. The molecular formula is C22H24N6O. The van der Waals surface area contributed by atoms with Gasteiger partial charge in [-0.15, -0.1) is 5.10 Å². The van der Waals surface area contributed by atoms with E-state index in [-0.39, 0.29) is 0 Å². The lowest BCUT2D eigenvalue weighted by molar-refractivity contribution is 0.0398. The van der Waals surface area contributed by atoms with Crippen LogP contribution in [0.4, 0.5) is 5.95 Å². The average Bonchev–Trinajstić information content (AvgIpc) is 3.21. The first kappa shape index (κ1) is 18.0. The molecule has 7 nitrogen and oxygen atoms in total. The Morgan fingerprint density at radius 3 is 2.76 bits per heavy atom. The molecule has 0 saturated carbocycles. The van der Waals surface area contributed by atoms with Gasteiger partial charge in [0.2, 0.25) is 5.95 Å². The summed E-state index contributed by atoms with van der Waals surface area (Å²) in [6.45, 7) is 7.38. The fraction of sp³-hybridized carbons (Fsp3) is 0.318. The van der Waals surface area contributed by atoms with Gasteiger partial charge in [-0.1, -0.05) is 35.9 Å². The lowest BCUT2D eigenvalue weighted by Crippen LogP contribution is -2.39. The number of anilines is 1. The summed E-state index contributed by atoms with van der Waals surface area (Å²) in [7, 11) is 0. The molecule has 1 saturated heterocycles. The molecule has 1 aliphatic heterocycles. The molecule has 148 valence electrons. The van der Waals surface area contributed by atoms with Crippen molar-refractivity contribution < 1.29 is 4.74 Å². The minimum absolute atomic E-state index is 0.711. The molecular weight excluding hydrogens is 364 g/mol. The first-order valence-electron chi connectivity index (χ1n) is 10.0. The van der Waals surface area contributed by atoms with Crippen LogP contribution in [0.15, 0.2) is 48.5 Å². The number of aromatic nitrogens is 4. The van der Waals surface area contributed by atoms with Crippen LogP contribution in [0.5, 0.6) is 0 Å². The Labute approximate surface area is 169 Å². The molecule has 4 aromatic rings. The predicted molar refractivity (Wildman–Crippen MR) is 114 cm³/mol. The highest BCUT2D eigenvalue weighted by molar-refractivity contribution is 5.92. The summed E-state index contributed by atoms with van der Waals surface area (Å²) in [6, 6.07) is 16.3. The van der Waals surface area contributed by atoms with Crippen molar-refractivity contribution in [2.45, 2.75) is 6.92 Å². The van der Waals surface area contributed by atoms with Crippen LogP contribution in [-0.2, 0) is 4.74 Å². The van der Waals surface area contributed by atoms with Crippen LogP contribution < -0.4 is 5.32 Å². The molecule has 3 heterocycles. The molecule has 0 bridgehead atoms. The number of benzene rings is 2. The number of aryl methyl sites for hydroxylation is 1. The van der Waals surface area contributed by atoms with Gasteiger partial charge < -0.3 is 10.1 Å². The van der Waals surface area contributed by atoms with Crippen molar-refractivity contribution in [1.82, 2.24) is 24.5 Å². The smallest absolute Gasteiger partial charge is 0.226 e. The molecule has 2 aromatic heterocycles. The molecule has 2 aromatic carbocycles. The minimum Gasteiger partial charge on any atom is -0.379 e. The van der Waals surface area contributed by atoms with E-state index in [1.165, 1.54) is 5.56 Å². The number of ether oxygens (including phenoxy) is 1. The zero-order chi connectivity index (χ0) is 19.6. The first-order chi connectivity index (χ1) is 14.3. The molecule has 1 fully saturated rings. The second-order valence-corrected chi connectivity index (χ2v) is 7.37. The Morgan fingerprint density at radius 1 is 1.03 bits per heavy atom. The van der Waals surface area contributed by atoms with E-state index in [9.17, 15) is 0 Å². The maximum absolute atomic E-state index is 5.43. The highest BCUT2D eigenvalue weighted by Crippen LogP contribution is 2.24. The van der Waals surface area contributed by atoms with Gasteiger partial charge in [0.05, 0.1) is 18.7 Å². The molecule has 29 heavy (non-hydrogen) atoms. The summed E-state index contributed by atoms with van der Waals surface area (Å²) in [5.74, 6) is 1.43. The van der Waals surface area contributed by atoms with E-state index in [1.807, 2.05) is 40.9 Å². The number of morpholine rings is 1. The van der Waals surface area contributed by atoms with E-state index in [0.29, 0.717) is 5.82 Å². The second kappa shape index (κ2) is 7.77. The maximum atomic E-state index is 5.43. The summed E-state index contributed by atoms with van der Waals surface area (Å²) < 4.78 is 7.26. The third-order valence-electron chi connectivity index (χ3n) is 5.27. The van der Waals surface area contributed by atoms with Gasteiger partial charge in [-0.3, -0.25) is 4.90 Å². The van der Waals surface area contributed by atoms with E-state index in [4.69, 9.17) is 19.8 Å². The van der Waals surface area contributed by atoms with Crippen molar-refractivity contribution in [3.05, 3.63) is 54.1 Å². The third-order valence-corrected chi connectivity index (χ3v) is 5.27. The van der Waals surface area contributed by atoms with Gasteiger partial charge in [0.15, 0.2) is 11.5 Å². The topological polar surface area (TPSA) is 67.6 Å². The van der Waals surface area contributed by atoms with Crippen molar-refractivity contribution >= 4 is 22.5 Å². The molecule has 1 aliphatic rings. The number of rotatable bonds is 5. The highest BCUT2D eigenvalue weighted by Gasteiger charge is 2.15. The zero-order valence-corrected chi connectivity index (χ0v) is 16.5. The third kappa shape index (κ3) is 3.66. The van der Waals surface area contributed by atoms with Crippen LogP contribution in [0.3, 0.4) is 0 Å². The Bertz CT molecular complexity index is 1150. The molecule has 1 N–H and O–H groups in total. The monoisotopic (exact) mass is 388 g/mol. The number of hydrogen-bond acceptors (Lipinski definition) is 6. The Kier molecular flexibility index (Phi) is 4.83. The van der Waals surface area contributed by atoms with Crippen LogP contribution in [0.25, 0.3) is 27.9 Å². The van der Waals surface area contributed by atoms with Gasteiger partial charge in [0.25, 0.3) is 0 Å². The van der Waals surface area contributed by atoms with E-state index in [2.05, 4.69) is 29.3 Å². The van der Waals surface area contributed by atoms with Gasteiger partial charge >= 0.3 is 0 Å². The molecule has 0 atom stereocenters. The van der Waals surface area contributed by atoms with Crippen LogP contribution in [0, 0.1) is 6.92 Å². The van der Waals surface area contributed by atoms with E-state index >= 15 is 0 Å². The van der Waals surface area contributed by atoms with Crippen molar-refractivity contribution in [1.29, 1.82) is 0 Å². The molecule has 7 heteroatoms. The normalized spacial score (nSPS) is 15.2. The van der Waals surface area contributed by atoms with Crippen LogP contribution in [0.2, 0.25) is 0 Å². The predicted octanol–water partition coefficient (Wildman–Crippen LogP) is 3.00. The maximum Gasteiger partial charge on any atom is 0.226 e. The number of nitrogens with zero attached hydrogens (tertiary/aromatic N) is 5. The Hall–Kier alpha value is -3.03. The highest BCUT2D eigenvalue weighted by atomic mass is 16.5. The van der Waals surface area contributed by atoms with Crippen molar-refractivity contribution in [3.63, 3.8) is 0 Å². The van der Waals surface area contributed by atoms with Crippen LogP contribution in [-0.4, -0.2) is 63.9 Å². The molecule has 0 aliphatic carbocycles. The molecule has 5 rings (SSSR count). The van der Waals surface area contributed by atoms with E-state index in [1.54, 1.807) is 0 Å².